The summed E-state index contributed by atoms with van der Waals surface area (Å²) in [5.41, 5.74) is 1.14. The highest BCUT2D eigenvalue weighted by molar-refractivity contribution is 5.77. The number of carbonyl (C=O) groups is 1. The van der Waals surface area contributed by atoms with E-state index in [1.54, 1.807) is 7.11 Å². The van der Waals surface area contributed by atoms with E-state index in [4.69, 9.17) is 4.74 Å². The Morgan fingerprint density at radius 2 is 1.85 bits per heavy atom. The number of amides is 1. The van der Waals surface area contributed by atoms with Crippen molar-refractivity contribution in [3.05, 3.63) is 29.8 Å². The average molecular weight is 278 g/mol. The van der Waals surface area contributed by atoms with Gasteiger partial charge in [-0.05, 0) is 37.0 Å². The summed E-state index contributed by atoms with van der Waals surface area (Å²) in [7, 11) is 1.65. The third kappa shape index (κ3) is 6.06. The van der Waals surface area contributed by atoms with Gasteiger partial charge in [-0.1, -0.05) is 26.0 Å². The van der Waals surface area contributed by atoms with Crippen LogP contribution in [0.5, 0.6) is 5.75 Å². The predicted molar refractivity (Wildman–Crippen MR) is 81.9 cm³/mol. The van der Waals surface area contributed by atoms with Crippen LogP contribution in [0.25, 0.3) is 0 Å². The van der Waals surface area contributed by atoms with E-state index in [9.17, 15) is 4.79 Å². The highest BCUT2D eigenvalue weighted by Crippen LogP contribution is 2.16. The SMILES string of the molecule is COc1ccc([C@@H](C)NCC(=O)NCCC(C)C)cc1. The summed E-state index contributed by atoms with van der Waals surface area (Å²) in [5.74, 6) is 1.50. The number of nitrogens with one attached hydrogen (secondary N) is 2. The van der Waals surface area contributed by atoms with Crippen molar-refractivity contribution in [3.8, 4) is 5.75 Å². The minimum Gasteiger partial charge on any atom is -0.497 e. The normalized spacial score (nSPS) is 12.2. The fourth-order valence-electron chi connectivity index (χ4n) is 1.82. The maximum atomic E-state index is 11.7. The molecule has 2 N–H and O–H groups in total. The van der Waals surface area contributed by atoms with Crippen LogP contribution < -0.4 is 15.4 Å². The summed E-state index contributed by atoms with van der Waals surface area (Å²) < 4.78 is 5.13. The van der Waals surface area contributed by atoms with Gasteiger partial charge in [0.05, 0.1) is 13.7 Å². The fourth-order valence-corrected chi connectivity index (χ4v) is 1.82. The maximum absolute atomic E-state index is 11.7. The van der Waals surface area contributed by atoms with Crippen LogP contribution in [-0.2, 0) is 4.79 Å². The molecule has 4 heteroatoms. The molecule has 0 aliphatic heterocycles. The zero-order valence-corrected chi connectivity index (χ0v) is 12.9. The monoisotopic (exact) mass is 278 g/mol. The van der Waals surface area contributed by atoms with Gasteiger partial charge in [0.25, 0.3) is 0 Å². The highest BCUT2D eigenvalue weighted by Gasteiger charge is 2.07. The van der Waals surface area contributed by atoms with Gasteiger partial charge in [0, 0.05) is 12.6 Å². The number of hydrogen-bond donors (Lipinski definition) is 2. The first-order valence-corrected chi connectivity index (χ1v) is 7.17. The third-order valence-electron chi connectivity index (χ3n) is 3.23. The van der Waals surface area contributed by atoms with Crippen LogP contribution in [0.1, 0.15) is 38.8 Å². The summed E-state index contributed by atoms with van der Waals surface area (Å²) in [6.45, 7) is 7.43. The van der Waals surface area contributed by atoms with E-state index in [1.807, 2.05) is 31.2 Å². The molecule has 0 radical (unpaired) electrons. The Balaban J connectivity index is 2.31. The number of hydrogen-bond acceptors (Lipinski definition) is 3. The molecule has 0 aliphatic rings. The topological polar surface area (TPSA) is 50.4 Å². The zero-order chi connectivity index (χ0) is 15.0. The number of rotatable bonds is 8. The molecule has 0 spiro atoms. The zero-order valence-electron chi connectivity index (χ0n) is 12.9. The minimum absolute atomic E-state index is 0.0472. The second-order valence-electron chi connectivity index (χ2n) is 5.41. The summed E-state index contributed by atoms with van der Waals surface area (Å²) in [4.78, 5) is 11.7. The summed E-state index contributed by atoms with van der Waals surface area (Å²) in [5, 5.41) is 6.14. The molecular weight excluding hydrogens is 252 g/mol. The van der Waals surface area contributed by atoms with E-state index < -0.39 is 0 Å². The van der Waals surface area contributed by atoms with E-state index in [-0.39, 0.29) is 11.9 Å². The number of benzene rings is 1. The van der Waals surface area contributed by atoms with Gasteiger partial charge in [0.15, 0.2) is 0 Å². The molecule has 0 bridgehead atoms. The lowest BCUT2D eigenvalue weighted by Crippen LogP contribution is -2.35. The second-order valence-corrected chi connectivity index (χ2v) is 5.41. The van der Waals surface area contributed by atoms with E-state index in [0.717, 1.165) is 24.3 Å². The van der Waals surface area contributed by atoms with Crippen molar-refractivity contribution in [2.24, 2.45) is 5.92 Å². The van der Waals surface area contributed by atoms with Crippen molar-refractivity contribution in [1.82, 2.24) is 10.6 Å². The van der Waals surface area contributed by atoms with E-state index in [1.165, 1.54) is 0 Å². The Kier molecular flexibility index (Phi) is 7.09. The molecule has 0 saturated heterocycles. The van der Waals surface area contributed by atoms with Gasteiger partial charge in [-0.2, -0.15) is 0 Å². The molecule has 0 aliphatic carbocycles. The van der Waals surface area contributed by atoms with Crippen LogP contribution >= 0.6 is 0 Å². The van der Waals surface area contributed by atoms with Crippen LogP contribution in [0.3, 0.4) is 0 Å². The summed E-state index contributed by atoms with van der Waals surface area (Å²) in [6.07, 6.45) is 1.01. The first kappa shape index (κ1) is 16.5. The molecule has 0 aromatic heterocycles. The standard InChI is InChI=1S/C16H26N2O2/c1-12(2)9-10-17-16(19)11-18-13(3)14-5-7-15(20-4)8-6-14/h5-8,12-13,18H,9-11H2,1-4H3,(H,17,19)/t13-/m1/s1. The quantitative estimate of drug-likeness (QED) is 0.768. The molecule has 1 atom stereocenters. The van der Waals surface area contributed by atoms with Crippen molar-refractivity contribution in [2.75, 3.05) is 20.2 Å². The van der Waals surface area contributed by atoms with Crippen LogP contribution in [0.4, 0.5) is 0 Å². The number of methoxy groups -OCH3 is 1. The van der Waals surface area contributed by atoms with Crippen molar-refractivity contribution in [2.45, 2.75) is 33.2 Å². The molecular formula is C16H26N2O2. The smallest absolute Gasteiger partial charge is 0.233 e. The molecule has 0 heterocycles. The van der Waals surface area contributed by atoms with Crippen LogP contribution in [-0.4, -0.2) is 26.1 Å². The van der Waals surface area contributed by atoms with Crippen molar-refractivity contribution >= 4 is 5.91 Å². The molecule has 20 heavy (non-hydrogen) atoms. The van der Waals surface area contributed by atoms with Crippen molar-refractivity contribution in [3.63, 3.8) is 0 Å². The van der Waals surface area contributed by atoms with Crippen LogP contribution in [0.2, 0.25) is 0 Å². The van der Waals surface area contributed by atoms with Gasteiger partial charge >= 0.3 is 0 Å². The largest absolute Gasteiger partial charge is 0.497 e. The van der Waals surface area contributed by atoms with Gasteiger partial charge in [0.2, 0.25) is 5.91 Å². The van der Waals surface area contributed by atoms with Gasteiger partial charge in [-0.25, -0.2) is 0 Å². The van der Waals surface area contributed by atoms with Gasteiger partial charge in [0.1, 0.15) is 5.75 Å². The lowest BCUT2D eigenvalue weighted by Gasteiger charge is -2.15. The lowest BCUT2D eigenvalue weighted by atomic mass is 10.1. The molecule has 0 unspecified atom stereocenters. The van der Waals surface area contributed by atoms with Crippen LogP contribution in [0, 0.1) is 5.92 Å². The number of ether oxygens (including phenoxy) is 1. The van der Waals surface area contributed by atoms with Crippen LogP contribution in [0.15, 0.2) is 24.3 Å². The number of carbonyl (C=O) groups excluding carboxylic acids is 1. The second kappa shape index (κ2) is 8.59. The van der Waals surface area contributed by atoms with Crippen molar-refractivity contribution < 1.29 is 9.53 Å². The minimum atomic E-state index is 0.0472. The Bertz CT molecular complexity index is 401. The predicted octanol–water partition coefficient (Wildman–Crippen LogP) is 2.51. The van der Waals surface area contributed by atoms with E-state index in [0.29, 0.717) is 12.5 Å². The molecule has 4 nitrogen and oxygen atoms in total. The van der Waals surface area contributed by atoms with Gasteiger partial charge < -0.3 is 15.4 Å². The van der Waals surface area contributed by atoms with Gasteiger partial charge in [-0.3, -0.25) is 4.79 Å². The highest BCUT2D eigenvalue weighted by atomic mass is 16.5. The molecule has 1 amide bonds. The van der Waals surface area contributed by atoms with Crippen molar-refractivity contribution in [1.29, 1.82) is 0 Å². The molecule has 1 aromatic carbocycles. The van der Waals surface area contributed by atoms with E-state index in [2.05, 4.69) is 24.5 Å². The van der Waals surface area contributed by atoms with E-state index >= 15 is 0 Å². The molecule has 0 fully saturated rings. The molecule has 1 rings (SSSR count). The molecule has 1 aromatic rings. The fraction of sp³-hybridized carbons (Fsp3) is 0.562. The first-order valence-electron chi connectivity index (χ1n) is 7.17. The molecule has 112 valence electrons. The third-order valence-corrected chi connectivity index (χ3v) is 3.23. The Morgan fingerprint density at radius 3 is 2.40 bits per heavy atom. The lowest BCUT2D eigenvalue weighted by molar-refractivity contribution is -0.120. The Hall–Kier alpha value is -1.55. The Morgan fingerprint density at radius 1 is 1.20 bits per heavy atom. The van der Waals surface area contributed by atoms with Gasteiger partial charge in [-0.15, -0.1) is 0 Å². The summed E-state index contributed by atoms with van der Waals surface area (Å²) >= 11 is 0. The first-order chi connectivity index (χ1) is 9.52. The summed E-state index contributed by atoms with van der Waals surface area (Å²) in [6, 6.07) is 8.00. The average Bonchev–Trinajstić information content (AvgIpc) is 2.44. The molecule has 0 saturated carbocycles. The Labute approximate surface area is 121 Å². The maximum Gasteiger partial charge on any atom is 0.233 e.